The molecular weight excluding hydrogens is 360 g/mol. The molecule has 0 amide bonds. The predicted molar refractivity (Wildman–Crippen MR) is 119 cm³/mol. The Balaban J connectivity index is 1.88. The second-order valence-corrected chi connectivity index (χ2v) is 7.46. The standard InChI is InChI=1S/C24H24N4O/c1-27(2)20-11-9-19(10-12-20)24(18-7-4-3-5-8-18)14-13-21-22(17-24)28(15-6-16-29)26-23(21)25/h3-16H,17H2,1-2H3,(H2,25,26). The molecule has 1 atom stereocenters. The monoisotopic (exact) mass is 384 g/mol. The Morgan fingerprint density at radius 3 is 2.41 bits per heavy atom. The van der Waals surface area contributed by atoms with Gasteiger partial charge in [0.25, 0.3) is 0 Å². The fourth-order valence-corrected chi connectivity index (χ4v) is 4.00. The largest absolute Gasteiger partial charge is 0.382 e. The van der Waals surface area contributed by atoms with Crippen molar-refractivity contribution in [3.63, 3.8) is 0 Å². The highest BCUT2D eigenvalue weighted by Crippen LogP contribution is 2.43. The second kappa shape index (κ2) is 7.43. The Labute approximate surface area is 170 Å². The number of nitrogens with two attached hydrogens (primary N) is 1. The van der Waals surface area contributed by atoms with Gasteiger partial charge in [0.15, 0.2) is 5.82 Å². The molecule has 5 heteroatoms. The molecule has 29 heavy (non-hydrogen) atoms. The molecule has 4 rings (SSSR count). The molecule has 3 aromatic rings. The van der Waals surface area contributed by atoms with Crippen molar-refractivity contribution in [3.05, 3.63) is 89.1 Å². The fourth-order valence-electron chi connectivity index (χ4n) is 4.00. The Morgan fingerprint density at radius 1 is 1.07 bits per heavy atom. The highest BCUT2D eigenvalue weighted by Gasteiger charge is 2.37. The van der Waals surface area contributed by atoms with Crippen molar-refractivity contribution in [1.29, 1.82) is 0 Å². The molecule has 0 saturated heterocycles. The molecule has 0 fully saturated rings. The zero-order chi connectivity index (χ0) is 20.4. The number of nitrogens with zero attached hydrogens (tertiary/aromatic N) is 3. The lowest BCUT2D eigenvalue weighted by atomic mass is 9.68. The molecule has 0 aliphatic heterocycles. The maximum absolute atomic E-state index is 10.8. The third kappa shape index (κ3) is 3.25. The lowest BCUT2D eigenvalue weighted by Gasteiger charge is -2.35. The third-order valence-electron chi connectivity index (χ3n) is 5.55. The van der Waals surface area contributed by atoms with Crippen LogP contribution >= 0.6 is 0 Å². The van der Waals surface area contributed by atoms with E-state index in [1.807, 2.05) is 20.2 Å². The van der Waals surface area contributed by atoms with E-state index in [0.29, 0.717) is 12.2 Å². The minimum Gasteiger partial charge on any atom is -0.382 e. The van der Waals surface area contributed by atoms with Crippen LogP contribution in [0.2, 0.25) is 0 Å². The Bertz CT molecular complexity index is 1080. The van der Waals surface area contributed by atoms with Crippen molar-refractivity contribution in [2.24, 2.45) is 0 Å². The molecule has 0 spiro atoms. The third-order valence-corrected chi connectivity index (χ3v) is 5.55. The average Bonchev–Trinajstić information content (AvgIpc) is 3.07. The first-order valence-corrected chi connectivity index (χ1v) is 9.56. The van der Waals surface area contributed by atoms with Crippen LogP contribution in [0.3, 0.4) is 0 Å². The maximum Gasteiger partial charge on any atom is 0.153 e. The summed E-state index contributed by atoms with van der Waals surface area (Å²) < 4.78 is 1.72. The fraction of sp³-hybridized carbons (Fsp3) is 0.167. The number of aromatic nitrogens is 2. The minimum atomic E-state index is -0.349. The molecule has 5 nitrogen and oxygen atoms in total. The van der Waals surface area contributed by atoms with Gasteiger partial charge in [0.2, 0.25) is 0 Å². The van der Waals surface area contributed by atoms with Gasteiger partial charge in [-0.25, -0.2) is 4.68 Å². The van der Waals surface area contributed by atoms with Crippen molar-refractivity contribution in [2.45, 2.75) is 11.8 Å². The molecule has 0 bridgehead atoms. The summed E-state index contributed by atoms with van der Waals surface area (Å²) in [6.07, 6.45) is 8.80. The van der Waals surface area contributed by atoms with Gasteiger partial charge in [-0.2, -0.15) is 5.10 Å². The first-order valence-electron chi connectivity index (χ1n) is 9.56. The smallest absolute Gasteiger partial charge is 0.153 e. The van der Waals surface area contributed by atoms with Gasteiger partial charge in [-0.15, -0.1) is 0 Å². The number of carbonyl (C=O) groups excluding carboxylic acids is 1. The highest BCUT2D eigenvalue weighted by molar-refractivity contribution is 5.73. The van der Waals surface area contributed by atoms with Crippen LogP contribution in [0.4, 0.5) is 11.5 Å². The first-order chi connectivity index (χ1) is 14.0. The van der Waals surface area contributed by atoms with Gasteiger partial charge in [0.05, 0.1) is 5.69 Å². The molecule has 0 saturated carbocycles. The van der Waals surface area contributed by atoms with E-state index in [0.717, 1.165) is 23.2 Å². The Hall–Kier alpha value is -3.60. The molecule has 1 aromatic heterocycles. The number of benzene rings is 2. The van der Waals surface area contributed by atoms with Crippen molar-refractivity contribution < 1.29 is 4.79 Å². The normalized spacial score (nSPS) is 18.0. The van der Waals surface area contributed by atoms with Crippen molar-refractivity contribution in [1.82, 2.24) is 9.78 Å². The van der Waals surface area contributed by atoms with Gasteiger partial charge < -0.3 is 10.6 Å². The SMILES string of the molecule is CN(C)c1ccc(C2(c3ccccc3)C=Cc3c(N)nn(C=CC=O)c3C2)cc1. The molecule has 1 aliphatic rings. The van der Waals surface area contributed by atoms with Gasteiger partial charge in [-0.3, -0.25) is 4.79 Å². The van der Waals surface area contributed by atoms with E-state index in [1.165, 1.54) is 17.2 Å². The number of rotatable bonds is 5. The summed E-state index contributed by atoms with van der Waals surface area (Å²) in [4.78, 5) is 12.9. The predicted octanol–water partition coefficient (Wildman–Crippen LogP) is 3.76. The summed E-state index contributed by atoms with van der Waals surface area (Å²) in [6, 6.07) is 19.1. The van der Waals surface area contributed by atoms with Crippen LogP contribution in [0, 0.1) is 0 Å². The number of carbonyl (C=O) groups is 1. The summed E-state index contributed by atoms with van der Waals surface area (Å²) in [6.45, 7) is 0. The van der Waals surface area contributed by atoms with E-state index < -0.39 is 0 Å². The number of hydrogen-bond donors (Lipinski definition) is 1. The first kappa shape index (κ1) is 18.7. The Kier molecular flexibility index (Phi) is 4.80. The summed E-state index contributed by atoms with van der Waals surface area (Å²) in [5.74, 6) is 0.469. The molecule has 2 N–H and O–H groups in total. The number of allylic oxidation sites excluding steroid dienone is 2. The average molecular weight is 384 g/mol. The summed E-state index contributed by atoms with van der Waals surface area (Å²) in [7, 11) is 4.07. The molecule has 2 aromatic carbocycles. The maximum atomic E-state index is 10.8. The second-order valence-electron chi connectivity index (χ2n) is 7.46. The number of anilines is 2. The number of hydrogen-bond acceptors (Lipinski definition) is 4. The molecule has 1 unspecified atom stereocenters. The zero-order valence-electron chi connectivity index (χ0n) is 16.6. The topological polar surface area (TPSA) is 64.2 Å². The number of nitrogen functional groups attached to an aromatic ring is 1. The summed E-state index contributed by atoms with van der Waals surface area (Å²) in [5, 5.41) is 4.41. The van der Waals surface area contributed by atoms with E-state index in [9.17, 15) is 4.79 Å². The summed E-state index contributed by atoms with van der Waals surface area (Å²) >= 11 is 0. The zero-order valence-corrected chi connectivity index (χ0v) is 16.6. The van der Waals surface area contributed by atoms with Crippen molar-refractivity contribution >= 4 is 30.1 Å². The van der Waals surface area contributed by atoms with Gasteiger partial charge in [-0.1, -0.05) is 54.6 Å². The number of fused-ring (bicyclic) bond motifs is 1. The van der Waals surface area contributed by atoms with E-state index in [1.54, 1.807) is 10.9 Å². The van der Waals surface area contributed by atoms with Gasteiger partial charge in [0, 0.05) is 43.4 Å². The molecular formula is C24H24N4O. The van der Waals surface area contributed by atoms with Crippen LogP contribution in [0.5, 0.6) is 0 Å². The molecule has 1 heterocycles. The molecule has 0 radical (unpaired) electrons. The van der Waals surface area contributed by atoms with Gasteiger partial charge in [0.1, 0.15) is 6.29 Å². The quantitative estimate of drug-likeness (QED) is 0.537. The van der Waals surface area contributed by atoms with E-state index in [2.05, 4.69) is 70.7 Å². The van der Waals surface area contributed by atoms with E-state index in [-0.39, 0.29) is 5.41 Å². The lowest BCUT2D eigenvalue weighted by Crippen LogP contribution is -2.31. The van der Waals surface area contributed by atoms with Crippen molar-refractivity contribution in [2.75, 3.05) is 24.7 Å². The van der Waals surface area contributed by atoms with Gasteiger partial charge >= 0.3 is 0 Å². The van der Waals surface area contributed by atoms with Crippen LogP contribution < -0.4 is 10.6 Å². The van der Waals surface area contributed by atoms with Crippen LogP contribution in [-0.2, 0) is 16.6 Å². The van der Waals surface area contributed by atoms with Gasteiger partial charge in [-0.05, 0) is 29.3 Å². The van der Waals surface area contributed by atoms with Crippen molar-refractivity contribution in [3.8, 4) is 0 Å². The highest BCUT2D eigenvalue weighted by atomic mass is 16.1. The van der Waals surface area contributed by atoms with Crippen LogP contribution in [0.15, 0.2) is 66.7 Å². The number of aldehydes is 1. The lowest BCUT2D eigenvalue weighted by molar-refractivity contribution is -0.104. The Morgan fingerprint density at radius 2 is 1.76 bits per heavy atom. The molecule has 146 valence electrons. The molecule has 1 aliphatic carbocycles. The van der Waals surface area contributed by atoms with Crippen LogP contribution in [0.25, 0.3) is 12.3 Å². The van der Waals surface area contributed by atoms with E-state index in [4.69, 9.17) is 5.73 Å². The minimum absolute atomic E-state index is 0.349. The van der Waals surface area contributed by atoms with Crippen LogP contribution in [-0.4, -0.2) is 30.2 Å². The summed E-state index contributed by atoms with van der Waals surface area (Å²) in [5.41, 5.74) is 11.2. The van der Waals surface area contributed by atoms with E-state index >= 15 is 0 Å². The van der Waals surface area contributed by atoms with Crippen LogP contribution in [0.1, 0.15) is 22.4 Å².